The summed E-state index contributed by atoms with van der Waals surface area (Å²) in [5.41, 5.74) is 1.15. The minimum Gasteiger partial charge on any atom is -0.380 e. The quantitative estimate of drug-likeness (QED) is 0.679. The number of methoxy groups -OCH3 is 2. The van der Waals surface area contributed by atoms with Gasteiger partial charge in [-0.25, -0.2) is 0 Å². The summed E-state index contributed by atoms with van der Waals surface area (Å²) in [6, 6.07) is 17.7. The molecule has 21 heavy (non-hydrogen) atoms. The molecular weight excluding hydrogens is 268 g/mol. The predicted molar refractivity (Wildman–Crippen MR) is 81.1 cm³/mol. The third kappa shape index (κ3) is 5.87. The van der Waals surface area contributed by atoms with Gasteiger partial charge in [0.1, 0.15) is 12.9 Å². The van der Waals surface area contributed by atoms with Crippen molar-refractivity contribution in [2.75, 3.05) is 21.0 Å². The number of ketones is 1. The standard InChI is InChI=1S/C14H12O2.C3H8O2/c15-13(11-7-3-1-4-8-11)14(16)12-9-5-2-6-10-12;1-4-3-5-2/h1-10,13,15H;3H2,1-2H3. The van der Waals surface area contributed by atoms with Crippen LogP contribution in [0.5, 0.6) is 0 Å². The number of carbonyl (C=O) groups excluding carboxylic acids is 1. The Labute approximate surface area is 125 Å². The van der Waals surface area contributed by atoms with Crippen LogP contribution in [0, 0.1) is 0 Å². The van der Waals surface area contributed by atoms with Gasteiger partial charge in [-0.05, 0) is 5.56 Å². The molecule has 0 fully saturated rings. The highest BCUT2D eigenvalue weighted by atomic mass is 16.6. The zero-order valence-corrected chi connectivity index (χ0v) is 12.2. The van der Waals surface area contributed by atoms with Crippen LogP contribution >= 0.6 is 0 Å². The van der Waals surface area contributed by atoms with Gasteiger partial charge in [-0.1, -0.05) is 60.7 Å². The van der Waals surface area contributed by atoms with E-state index in [1.165, 1.54) is 0 Å². The first-order valence-electron chi connectivity index (χ1n) is 6.50. The molecule has 112 valence electrons. The maximum Gasteiger partial charge on any atom is 0.195 e. The Morgan fingerprint density at radius 2 is 1.43 bits per heavy atom. The Morgan fingerprint density at radius 1 is 0.952 bits per heavy atom. The summed E-state index contributed by atoms with van der Waals surface area (Å²) in [7, 11) is 3.17. The topological polar surface area (TPSA) is 55.8 Å². The number of carbonyl (C=O) groups is 1. The van der Waals surface area contributed by atoms with E-state index in [0.29, 0.717) is 17.9 Å². The molecular formula is C17H20O4. The predicted octanol–water partition coefficient (Wildman–Crippen LogP) is 2.84. The van der Waals surface area contributed by atoms with E-state index >= 15 is 0 Å². The van der Waals surface area contributed by atoms with Gasteiger partial charge in [0.05, 0.1) is 0 Å². The van der Waals surface area contributed by atoms with Crippen LogP contribution in [-0.2, 0) is 9.47 Å². The lowest BCUT2D eigenvalue weighted by atomic mass is 10.0. The molecule has 1 unspecified atom stereocenters. The molecule has 4 nitrogen and oxygen atoms in total. The Kier molecular flexibility index (Phi) is 7.97. The number of ether oxygens (including phenoxy) is 2. The smallest absolute Gasteiger partial charge is 0.195 e. The van der Waals surface area contributed by atoms with E-state index in [1.807, 2.05) is 12.1 Å². The fourth-order valence-corrected chi connectivity index (χ4v) is 1.66. The van der Waals surface area contributed by atoms with Crippen molar-refractivity contribution in [3.05, 3.63) is 71.8 Å². The number of rotatable bonds is 5. The first kappa shape index (κ1) is 17.0. The number of hydrogen-bond acceptors (Lipinski definition) is 4. The van der Waals surface area contributed by atoms with E-state index in [9.17, 15) is 9.90 Å². The summed E-state index contributed by atoms with van der Waals surface area (Å²) in [5.74, 6) is -0.271. The van der Waals surface area contributed by atoms with Crippen LogP contribution in [0.1, 0.15) is 22.0 Å². The van der Waals surface area contributed by atoms with Gasteiger partial charge in [-0.15, -0.1) is 0 Å². The molecule has 0 spiro atoms. The molecule has 0 aliphatic rings. The second-order valence-electron chi connectivity index (χ2n) is 4.24. The van der Waals surface area contributed by atoms with Crippen molar-refractivity contribution in [3.63, 3.8) is 0 Å². The number of benzene rings is 2. The maximum absolute atomic E-state index is 11.9. The van der Waals surface area contributed by atoms with Crippen molar-refractivity contribution in [2.45, 2.75) is 6.10 Å². The van der Waals surface area contributed by atoms with Crippen LogP contribution < -0.4 is 0 Å². The molecule has 2 aromatic carbocycles. The second kappa shape index (κ2) is 9.83. The molecule has 2 rings (SSSR count). The summed E-state index contributed by atoms with van der Waals surface area (Å²) in [4.78, 5) is 11.9. The SMILES string of the molecule is COCOC.O=C(c1ccccc1)C(O)c1ccccc1. The van der Waals surface area contributed by atoms with Crippen LogP contribution in [-0.4, -0.2) is 31.9 Å². The van der Waals surface area contributed by atoms with Crippen molar-refractivity contribution in [1.29, 1.82) is 0 Å². The summed E-state index contributed by atoms with van der Waals surface area (Å²) in [5, 5.41) is 9.89. The Morgan fingerprint density at radius 3 is 1.86 bits per heavy atom. The first-order valence-corrected chi connectivity index (χ1v) is 6.50. The first-order chi connectivity index (χ1) is 10.2. The lowest BCUT2D eigenvalue weighted by molar-refractivity contribution is -0.00272. The fraction of sp³-hybridized carbons (Fsp3) is 0.235. The molecule has 0 amide bonds. The highest BCUT2D eigenvalue weighted by molar-refractivity contribution is 5.99. The Hall–Kier alpha value is -2.01. The number of aliphatic hydroxyl groups is 1. The average Bonchev–Trinajstić information content (AvgIpc) is 2.56. The molecule has 0 bridgehead atoms. The molecule has 1 N–H and O–H groups in total. The van der Waals surface area contributed by atoms with Crippen LogP contribution in [0.4, 0.5) is 0 Å². The normalized spacial score (nSPS) is 11.2. The molecule has 2 aromatic rings. The molecule has 0 aliphatic heterocycles. The van der Waals surface area contributed by atoms with Gasteiger partial charge in [0, 0.05) is 19.8 Å². The van der Waals surface area contributed by atoms with Crippen molar-refractivity contribution in [3.8, 4) is 0 Å². The lowest BCUT2D eigenvalue weighted by Gasteiger charge is -2.09. The monoisotopic (exact) mass is 288 g/mol. The van der Waals surface area contributed by atoms with Crippen LogP contribution in [0.3, 0.4) is 0 Å². The summed E-state index contributed by atoms with van der Waals surface area (Å²) in [6.07, 6.45) is -1.08. The lowest BCUT2D eigenvalue weighted by Crippen LogP contribution is -2.11. The van der Waals surface area contributed by atoms with E-state index in [0.717, 1.165) is 0 Å². The van der Waals surface area contributed by atoms with Gasteiger partial charge in [0.15, 0.2) is 5.78 Å². The minimum absolute atomic E-state index is 0.271. The Bertz CT molecular complexity index is 509. The molecule has 0 aromatic heterocycles. The molecule has 0 aliphatic carbocycles. The van der Waals surface area contributed by atoms with Crippen LogP contribution in [0.15, 0.2) is 60.7 Å². The molecule has 0 saturated carbocycles. The third-order valence-corrected chi connectivity index (χ3v) is 2.66. The number of Topliss-reactive ketones (excluding diaryl/α,β-unsaturated/α-hetero) is 1. The van der Waals surface area contributed by atoms with Crippen LogP contribution in [0.25, 0.3) is 0 Å². The summed E-state index contributed by atoms with van der Waals surface area (Å²) in [6.45, 7) is 0.389. The van der Waals surface area contributed by atoms with E-state index in [-0.39, 0.29) is 5.78 Å². The maximum atomic E-state index is 11.9. The van der Waals surface area contributed by atoms with Gasteiger partial charge >= 0.3 is 0 Å². The zero-order chi connectivity index (χ0) is 15.5. The highest BCUT2D eigenvalue weighted by Crippen LogP contribution is 2.17. The molecule has 0 heterocycles. The average molecular weight is 288 g/mol. The van der Waals surface area contributed by atoms with E-state index in [2.05, 4.69) is 9.47 Å². The largest absolute Gasteiger partial charge is 0.380 e. The van der Waals surface area contributed by atoms with Gasteiger partial charge in [0.25, 0.3) is 0 Å². The van der Waals surface area contributed by atoms with Gasteiger partial charge in [-0.3, -0.25) is 4.79 Å². The van der Waals surface area contributed by atoms with Crippen molar-refractivity contribution < 1.29 is 19.4 Å². The Balaban J connectivity index is 0.000000383. The van der Waals surface area contributed by atoms with E-state index in [1.54, 1.807) is 62.8 Å². The third-order valence-electron chi connectivity index (χ3n) is 2.66. The van der Waals surface area contributed by atoms with Crippen molar-refractivity contribution in [1.82, 2.24) is 0 Å². The van der Waals surface area contributed by atoms with Gasteiger partial charge in [-0.2, -0.15) is 0 Å². The van der Waals surface area contributed by atoms with Gasteiger partial charge < -0.3 is 14.6 Å². The molecule has 0 saturated heterocycles. The number of aliphatic hydroxyl groups excluding tert-OH is 1. The van der Waals surface area contributed by atoms with E-state index in [4.69, 9.17) is 0 Å². The highest BCUT2D eigenvalue weighted by Gasteiger charge is 2.18. The zero-order valence-electron chi connectivity index (χ0n) is 12.2. The number of hydrogen-bond donors (Lipinski definition) is 1. The minimum atomic E-state index is -1.08. The summed E-state index contributed by atoms with van der Waals surface area (Å²) < 4.78 is 8.94. The second-order valence-corrected chi connectivity index (χ2v) is 4.24. The van der Waals surface area contributed by atoms with Crippen molar-refractivity contribution in [2.24, 2.45) is 0 Å². The molecule has 4 heteroatoms. The summed E-state index contributed by atoms with van der Waals surface area (Å²) >= 11 is 0. The van der Waals surface area contributed by atoms with Gasteiger partial charge in [0.2, 0.25) is 0 Å². The molecule has 1 atom stereocenters. The van der Waals surface area contributed by atoms with Crippen molar-refractivity contribution >= 4 is 5.78 Å². The fourth-order valence-electron chi connectivity index (χ4n) is 1.66. The van der Waals surface area contributed by atoms with Crippen LogP contribution in [0.2, 0.25) is 0 Å². The molecule has 0 radical (unpaired) electrons. The van der Waals surface area contributed by atoms with E-state index < -0.39 is 6.10 Å².